The fourth-order valence-corrected chi connectivity index (χ4v) is 4.82. The van der Waals surface area contributed by atoms with E-state index in [-0.39, 0.29) is 12.5 Å². The van der Waals surface area contributed by atoms with Gasteiger partial charge in [0.2, 0.25) is 0 Å². The lowest BCUT2D eigenvalue weighted by Gasteiger charge is -2.34. The molecular weight excluding hydrogens is 424 g/mol. The quantitative estimate of drug-likeness (QED) is 0.675. The van der Waals surface area contributed by atoms with Crippen LogP contribution < -0.4 is 15.0 Å². The predicted octanol–water partition coefficient (Wildman–Crippen LogP) is 4.23. The second-order valence-electron chi connectivity index (χ2n) is 8.86. The number of carbonyl (C=O) groups excluding carboxylic acids is 1. The molecule has 0 radical (unpaired) electrons. The molecule has 6 nitrogen and oxygen atoms in total. The highest BCUT2D eigenvalue weighted by molar-refractivity contribution is 6.30. The molecule has 1 aliphatic carbocycles. The smallest absolute Gasteiger partial charge is 0.258 e. The lowest BCUT2D eigenvalue weighted by molar-refractivity contribution is -0.123. The van der Waals surface area contributed by atoms with Gasteiger partial charge in [-0.2, -0.15) is 0 Å². The minimum absolute atomic E-state index is 0.00848. The summed E-state index contributed by atoms with van der Waals surface area (Å²) in [6.45, 7) is 4.34. The third-order valence-corrected chi connectivity index (χ3v) is 6.76. The number of ether oxygens (including phenoxy) is 1. The molecule has 2 aliphatic rings. The Morgan fingerprint density at radius 3 is 2.72 bits per heavy atom. The topological polar surface area (TPSA) is 57.7 Å². The van der Waals surface area contributed by atoms with Crippen molar-refractivity contribution in [3.63, 3.8) is 0 Å². The number of benzene rings is 1. The van der Waals surface area contributed by atoms with Crippen LogP contribution in [0.4, 0.5) is 5.82 Å². The Morgan fingerprint density at radius 1 is 1.16 bits per heavy atom. The van der Waals surface area contributed by atoms with Crippen LogP contribution in [-0.4, -0.2) is 55.6 Å². The molecule has 4 rings (SSSR count). The number of hydrogen-bond donors (Lipinski definition) is 1. The van der Waals surface area contributed by atoms with Crippen LogP contribution in [0, 0.1) is 0 Å². The molecule has 172 valence electrons. The molecule has 2 aromatic rings. The van der Waals surface area contributed by atoms with Crippen molar-refractivity contribution in [2.45, 2.75) is 44.6 Å². The molecule has 0 atom stereocenters. The Morgan fingerprint density at radius 2 is 1.94 bits per heavy atom. The minimum atomic E-state index is -0.136. The summed E-state index contributed by atoms with van der Waals surface area (Å²) in [5.41, 5.74) is 2.16. The van der Waals surface area contributed by atoms with Crippen LogP contribution in [-0.2, 0) is 11.3 Å². The van der Waals surface area contributed by atoms with Crippen molar-refractivity contribution in [3.05, 3.63) is 52.7 Å². The molecule has 32 heavy (non-hydrogen) atoms. The van der Waals surface area contributed by atoms with Crippen molar-refractivity contribution in [3.8, 4) is 5.75 Å². The number of amides is 1. The van der Waals surface area contributed by atoms with E-state index in [0.717, 1.165) is 66.7 Å². The Kier molecular flexibility index (Phi) is 7.87. The molecule has 2 fully saturated rings. The summed E-state index contributed by atoms with van der Waals surface area (Å²) in [5, 5.41) is 3.72. The van der Waals surface area contributed by atoms with Gasteiger partial charge in [-0.05, 0) is 55.6 Å². The van der Waals surface area contributed by atoms with E-state index in [4.69, 9.17) is 16.3 Å². The van der Waals surface area contributed by atoms with Crippen molar-refractivity contribution in [1.29, 1.82) is 0 Å². The van der Waals surface area contributed by atoms with E-state index in [1.807, 2.05) is 36.5 Å². The first-order valence-corrected chi connectivity index (χ1v) is 12.0. The first-order chi connectivity index (χ1) is 15.6. The molecule has 1 N–H and O–H groups in total. The van der Waals surface area contributed by atoms with Crippen molar-refractivity contribution in [2.24, 2.45) is 0 Å². The highest BCUT2D eigenvalue weighted by atomic mass is 35.5. The predicted molar refractivity (Wildman–Crippen MR) is 129 cm³/mol. The largest absolute Gasteiger partial charge is 0.483 e. The fourth-order valence-electron chi connectivity index (χ4n) is 4.64. The summed E-state index contributed by atoms with van der Waals surface area (Å²) in [6.07, 6.45) is 7.88. The number of likely N-dealkylation sites (N-methyl/N-ethyl adjacent to an activating group) is 1. The summed E-state index contributed by atoms with van der Waals surface area (Å²) < 4.78 is 5.95. The van der Waals surface area contributed by atoms with Crippen molar-refractivity contribution >= 4 is 23.3 Å². The van der Waals surface area contributed by atoms with E-state index < -0.39 is 0 Å². The highest BCUT2D eigenvalue weighted by Gasteiger charge is 2.21. The lowest BCUT2D eigenvalue weighted by atomic mass is 9.84. The van der Waals surface area contributed by atoms with E-state index in [0.29, 0.717) is 12.5 Å². The molecule has 0 bridgehead atoms. The van der Waals surface area contributed by atoms with Gasteiger partial charge in [-0.1, -0.05) is 36.9 Å². The Hall–Kier alpha value is -2.31. The van der Waals surface area contributed by atoms with Crippen LogP contribution >= 0.6 is 11.6 Å². The van der Waals surface area contributed by atoms with Gasteiger partial charge in [-0.15, -0.1) is 0 Å². The molecule has 0 unspecified atom stereocenters. The van der Waals surface area contributed by atoms with E-state index in [9.17, 15) is 4.79 Å². The Balaban J connectivity index is 1.34. The average Bonchev–Trinajstić information content (AvgIpc) is 2.83. The van der Waals surface area contributed by atoms with E-state index in [2.05, 4.69) is 27.1 Å². The second-order valence-corrected chi connectivity index (χ2v) is 9.30. The normalized spacial score (nSPS) is 17.9. The average molecular weight is 457 g/mol. The summed E-state index contributed by atoms with van der Waals surface area (Å²) in [6, 6.07) is 9.68. The van der Waals surface area contributed by atoms with Gasteiger partial charge in [0, 0.05) is 49.5 Å². The number of nitrogens with one attached hydrogen (secondary N) is 1. The van der Waals surface area contributed by atoms with Crippen LogP contribution in [0.2, 0.25) is 5.02 Å². The van der Waals surface area contributed by atoms with Crippen LogP contribution in [0.1, 0.15) is 49.1 Å². The lowest BCUT2D eigenvalue weighted by Crippen LogP contribution is -2.45. The number of aromatic nitrogens is 1. The Labute approximate surface area is 195 Å². The molecule has 1 saturated carbocycles. The summed E-state index contributed by atoms with van der Waals surface area (Å²) in [7, 11) is 2.14. The molecule has 7 heteroatoms. The van der Waals surface area contributed by atoms with Crippen LogP contribution in [0.15, 0.2) is 36.5 Å². The van der Waals surface area contributed by atoms with Crippen molar-refractivity contribution in [1.82, 2.24) is 15.2 Å². The zero-order valence-electron chi connectivity index (χ0n) is 18.9. The fraction of sp³-hybridized carbons (Fsp3) is 0.520. The van der Waals surface area contributed by atoms with Crippen LogP contribution in [0.5, 0.6) is 5.75 Å². The summed E-state index contributed by atoms with van der Waals surface area (Å²) >= 11 is 6.26. The van der Waals surface area contributed by atoms with Crippen molar-refractivity contribution < 1.29 is 9.53 Å². The number of piperazine rings is 1. The van der Waals surface area contributed by atoms with Gasteiger partial charge in [0.25, 0.3) is 5.91 Å². The maximum atomic E-state index is 12.6. The highest BCUT2D eigenvalue weighted by Crippen LogP contribution is 2.38. The summed E-state index contributed by atoms with van der Waals surface area (Å²) in [4.78, 5) is 21.8. The molecular formula is C25H33ClN4O2. The Bertz CT molecular complexity index is 909. The molecule has 0 spiro atoms. The standard InChI is InChI=1S/C25H33ClN4O2/c1-29-12-14-30(15-13-29)25-20(8-5-11-27-25)17-28-24(31)18-32-23-10-9-21(26)16-22(23)19-6-3-2-4-7-19/h5,8-11,16,19H,2-4,6-7,12-15,17-18H2,1H3,(H,28,31). The van der Waals surface area contributed by atoms with Gasteiger partial charge in [0.15, 0.2) is 6.61 Å². The minimum Gasteiger partial charge on any atom is -0.483 e. The number of rotatable bonds is 7. The zero-order chi connectivity index (χ0) is 22.3. The molecule has 1 aromatic carbocycles. The van der Waals surface area contributed by atoms with E-state index in [1.54, 1.807) is 0 Å². The number of nitrogens with zero attached hydrogens (tertiary/aromatic N) is 3. The van der Waals surface area contributed by atoms with Crippen LogP contribution in [0.25, 0.3) is 0 Å². The van der Waals surface area contributed by atoms with Crippen LogP contribution in [0.3, 0.4) is 0 Å². The first kappa shape index (κ1) is 22.9. The van der Waals surface area contributed by atoms with Gasteiger partial charge in [0.1, 0.15) is 11.6 Å². The maximum absolute atomic E-state index is 12.6. The SMILES string of the molecule is CN1CCN(c2ncccc2CNC(=O)COc2ccc(Cl)cc2C2CCCCC2)CC1. The van der Waals surface area contributed by atoms with E-state index >= 15 is 0 Å². The summed E-state index contributed by atoms with van der Waals surface area (Å²) in [5.74, 6) is 2.06. The third kappa shape index (κ3) is 5.93. The number of carbonyl (C=O) groups is 1. The maximum Gasteiger partial charge on any atom is 0.258 e. The number of anilines is 1. The molecule has 2 heterocycles. The monoisotopic (exact) mass is 456 g/mol. The molecule has 1 amide bonds. The van der Waals surface area contributed by atoms with Gasteiger partial charge in [0.05, 0.1) is 0 Å². The van der Waals surface area contributed by atoms with E-state index in [1.165, 1.54) is 19.3 Å². The van der Waals surface area contributed by atoms with Gasteiger partial charge >= 0.3 is 0 Å². The van der Waals surface area contributed by atoms with Gasteiger partial charge in [-0.3, -0.25) is 4.79 Å². The first-order valence-electron chi connectivity index (χ1n) is 11.7. The van der Waals surface area contributed by atoms with Crippen molar-refractivity contribution in [2.75, 3.05) is 44.7 Å². The van der Waals surface area contributed by atoms with Gasteiger partial charge in [-0.25, -0.2) is 4.98 Å². The zero-order valence-corrected chi connectivity index (χ0v) is 19.6. The second kappa shape index (κ2) is 11.0. The molecule has 1 aliphatic heterocycles. The molecule has 1 saturated heterocycles. The van der Waals surface area contributed by atoms with Gasteiger partial charge < -0.3 is 19.9 Å². The number of hydrogen-bond acceptors (Lipinski definition) is 5. The number of pyridine rings is 1. The number of halogens is 1. The molecule has 1 aromatic heterocycles. The third-order valence-electron chi connectivity index (χ3n) is 6.52.